The Labute approximate surface area is 144 Å². The number of aromatic nitrogens is 2. The molecular weight excluding hydrogens is 298 g/mol. The van der Waals surface area contributed by atoms with Crippen LogP contribution in [0.25, 0.3) is 11.0 Å². The average molecular weight is 327 g/mol. The number of aromatic amines is 1. The van der Waals surface area contributed by atoms with Gasteiger partial charge < -0.3 is 15.2 Å². The highest BCUT2D eigenvalue weighted by atomic mass is 15.4. The molecule has 0 spiro atoms. The maximum atomic E-state index is 4.83. The fourth-order valence-corrected chi connectivity index (χ4v) is 3.19. The number of fused-ring (bicyclic) bond motifs is 1. The molecule has 0 amide bonds. The molecular formula is C19H29N5. The van der Waals surface area contributed by atoms with E-state index in [0.717, 1.165) is 48.9 Å². The molecule has 1 aromatic heterocycles. The molecule has 0 atom stereocenters. The molecule has 5 nitrogen and oxygen atoms in total. The van der Waals surface area contributed by atoms with Gasteiger partial charge in [-0.3, -0.25) is 4.99 Å². The van der Waals surface area contributed by atoms with E-state index in [1.807, 2.05) is 18.2 Å². The van der Waals surface area contributed by atoms with Crippen LogP contribution in [0.4, 0.5) is 0 Å². The maximum absolute atomic E-state index is 4.83. The molecule has 1 saturated heterocycles. The second-order valence-corrected chi connectivity index (χ2v) is 7.72. The average Bonchev–Trinajstić information content (AvgIpc) is 2.94. The van der Waals surface area contributed by atoms with Crippen molar-refractivity contribution in [1.29, 1.82) is 0 Å². The highest BCUT2D eigenvalue weighted by Crippen LogP contribution is 2.46. The van der Waals surface area contributed by atoms with E-state index < -0.39 is 0 Å². The Morgan fingerprint density at radius 3 is 2.67 bits per heavy atom. The summed E-state index contributed by atoms with van der Waals surface area (Å²) in [6.07, 6.45) is 0.821. The first kappa shape index (κ1) is 16.8. The molecule has 1 aliphatic rings. The maximum Gasteiger partial charge on any atom is 0.194 e. The minimum Gasteiger partial charge on any atom is -0.356 e. The van der Waals surface area contributed by atoms with Gasteiger partial charge in [0.2, 0.25) is 0 Å². The predicted octanol–water partition coefficient (Wildman–Crippen LogP) is 3.19. The van der Waals surface area contributed by atoms with Gasteiger partial charge in [0.05, 0.1) is 11.0 Å². The third-order valence-corrected chi connectivity index (χ3v) is 5.52. The predicted molar refractivity (Wildman–Crippen MR) is 100 cm³/mol. The Kier molecular flexibility index (Phi) is 4.28. The van der Waals surface area contributed by atoms with Crippen LogP contribution in [0.2, 0.25) is 0 Å². The van der Waals surface area contributed by atoms with E-state index in [1.54, 1.807) is 0 Å². The molecule has 24 heavy (non-hydrogen) atoms. The van der Waals surface area contributed by atoms with Crippen LogP contribution < -0.4 is 5.32 Å². The standard InChI is InChI=1S/C19H29N5/c1-6-20-17(24-13-18(2,3)19(24,4)5)21-12-11-16-22-14-9-7-8-10-15(14)23-16/h7-10H,6,11-13H2,1-5H3,(H,20,21)(H,22,23). The number of H-pyrrole nitrogens is 1. The van der Waals surface area contributed by atoms with E-state index in [0.29, 0.717) is 5.41 Å². The smallest absolute Gasteiger partial charge is 0.194 e. The topological polar surface area (TPSA) is 56.3 Å². The molecule has 2 heterocycles. The minimum atomic E-state index is 0.118. The van der Waals surface area contributed by atoms with Crippen LogP contribution in [0.5, 0.6) is 0 Å². The molecule has 3 rings (SSSR count). The summed E-state index contributed by atoms with van der Waals surface area (Å²) in [6.45, 7) is 14.0. The van der Waals surface area contributed by atoms with Gasteiger partial charge in [-0.15, -0.1) is 0 Å². The van der Waals surface area contributed by atoms with Crippen molar-refractivity contribution >= 4 is 17.0 Å². The van der Waals surface area contributed by atoms with Gasteiger partial charge in [0, 0.05) is 37.0 Å². The molecule has 2 aromatic rings. The number of likely N-dealkylation sites (tertiary alicyclic amines) is 1. The first-order chi connectivity index (χ1) is 11.3. The highest BCUT2D eigenvalue weighted by molar-refractivity contribution is 5.82. The lowest BCUT2D eigenvalue weighted by atomic mass is 9.65. The number of nitrogens with zero attached hydrogens (tertiary/aromatic N) is 3. The Morgan fingerprint density at radius 1 is 1.29 bits per heavy atom. The second-order valence-electron chi connectivity index (χ2n) is 7.72. The van der Waals surface area contributed by atoms with Crippen molar-refractivity contribution in [1.82, 2.24) is 20.2 Å². The molecule has 0 unspecified atom stereocenters. The molecule has 1 fully saturated rings. The third-order valence-electron chi connectivity index (χ3n) is 5.52. The summed E-state index contributed by atoms with van der Waals surface area (Å²) in [6, 6.07) is 8.14. The largest absolute Gasteiger partial charge is 0.356 e. The summed E-state index contributed by atoms with van der Waals surface area (Å²) >= 11 is 0. The molecule has 2 N–H and O–H groups in total. The van der Waals surface area contributed by atoms with Gasteiger partial charge in [0.25, 0.3) is 0 Å². The molecule has 1 aromatic carbocycles. The Morgan fingerprint density at radius 2 is 2.04 bits per heavy atom. The number of rotatable bonds is 4. The normalized spacial score (nSPS) is 19.4. The number of imidazole rings is 1. The Balaban J connectivity index is 1.68. The Bertz CT molecular complexity index is 708. The molecule has 0 aliphatic carbocycles. The number of benzene rings is 1. The van der Waals surface area contributed by atoms with Crippen molar-refractivity contribution in [2.75, 3.05) is 19.6 Å². The van der Waals surface area contributed by atoms with Crippen LogP contribution in [-0.4, -0.2) is 46.0 Å². The van der Waals surface area contributed by atoms with Crippen molar-refractivity contribution in [3.8, 4) is 0 Å². The zero-order valence-corrected chi connectivity index (χ0v) is 15.5. The van der Waals surface area contributed by atoms with Crippen LogP contribution in [0.1, 0.15) is 40.4 Å². The quantitative estimate of drug-likeness (QED) is 0.670. The number of aliphatic imine (C=N–C) groups is 1. The van der Waals surface area contributed by atoms with Gasteiger partial charge in [-0.05, 0) is 32.9 Å². The SMILES string of the molecule is CCNC(=NCCc1nc2ccccc2[nH]1)N1CC(C)(C)C1(C)C. The summed E-state index contributed by atoms with van der Waals surface area (Å²) in [7, 11) is 0. The highest BCUT2D eigenvalue weighted by Gasteiger charge is 2.53. The molecule has 1 aliphatic heterocycles. The Hall–Kier alpha value is -2.04. The molecule has 0 saturated carbocycles. The third kappa shape index (κ3) is 2.87. The van der Waals surface area contributed by atoms with Crippen molar-refractivity contribution in [2.45, 2.75) is 46.6 Å². The van der Waals surface area contributed by atoms with E-state index in [-0.39, 0.29) is 5.54 Å². The number of guanidine groups is 1. The molecule has 130 valence electrons. The fourth-order valence-electron chi connectivity index (χ4n) is 3.19. The zero-order chi connectivity index (χ0) is 17.4. The summed E-state index contributed by atoms with van der Waals surface area (Å²) < 4.78 is 0. The summed E-state index contributed by atoms with van der Waals surface area (Å²) in [5.74, 6) is 2.01. The van der Waals surface area contributed by atoms with Crippen molar-refractivity contribution < 1.29 is 0 Å². The fraction of sp³-hybridized carbons (Fsp3) is 0.579. The summed E-state index contributed by atoms with van der Waals surface area (Å²) in [5, 5.41) is 3.44. The number of nitrogens with one attached hydrogen (secondary N) is 2. The van der Waals surface area contributed by atoms with Gasteiger partial charge in [-0.1, -0.05) is 26.0 Å². The van der Waals surface area contributed by atoms with Crippen molar-refractivity contribution in [2.24, 2.45) is 10.4 Å². The van der Waals surface area contributed by atoms with E-state index in [4.69, 9.17) is 4.99 Å². The van der Waals surface area contributed by atoms with E-state index in [1.165, 1.54) is 0 Å². The lowest BCUT2D eigenvalue weighted by Crippen LogP contribution is -2.72. The minimum absolute atomic E-state index is 0.118. The van der Waals surface area contributed by atoms with Gasteiger partial charge in [0.15, 0.2) is 5.96 Å². The monoisotopic (exact) mass is 327 g/mol. The molecule has 5 heteroatoms. The van der Waals surface area contributed by atoms with Crippen LogP contribution in [0.3, 0.4) is 0 Å². The zero-order valence-electron chi connectivity index (χ0n) is 15.5. The molecule has 0 radical (unpaired) electrons. The van der Waals surface area contributed by atoms with Crippen molar-refractivity contribution in [3.05, 3.63) is 30.1 Å². The van der Waals surface area contributed by atoms with Gasteiger partial charge in [-0.25, -0.2) is 4.98 Å². The first-order valence-electron chi connectivity index (χ1n) is 8.85. The van der Waals surface area contributed by atoms with Crippen LogP contribution in [0, 0.1) is 5.41 Å². The van der Waals surface area contributed by atoms with Crippen LogP contribution in [-0.2, 0) is 6.42 Å². The van der Waals surface area contributed by atoms with Crippen LogP contribution in [0.15, 0.2) is 29.3 Å². The van der Waals surface area contributed by atoms with E-state index >= 15 is 0 Å². The van der Waals surface area contributed by atoms with Gasteiger partial charge in [-0.2, -0.15) is 0 Å². The van der Waals surface area contributed by atoms with Crippen LogP contribution >= 0.6 is 0 Å². The van der Waals surface area contributed by atoms with E-state index in [2.05, 4.69) is 60.9 Å². The van der Waals surface area contributed by atoms with Gasteiger partial charge >= 0.3 is 0 Å². The summed E-state index contributed by atoms with van der Waals surface area (Å²) in [5.41, 5.74) is 2.54. The molecule has 0 bridgehead atoms. The van der Waals surface area contributed by atoms with Gasteiger partial charge in [0.1, 0.15) is 5.82 Å². The lowest BCUT2D eigenvalue weighted by Gasteiger charge is -2.62. The number of hydrogen-bond donors (Lipinski definition) is 2. The van der Waals surface area contributed by atoms with E-state index in [9.17, 15) is 0 Å². The number of hydrogen-bond acceptors (Lipinski definition) is 2. The summed E-state index contributed by atoms with van der Waals surface area (Å²) in [4.78, 5) is 15.2. The van der Waals surface area contributed by atoms with Crippen molar-refractivity contribution in [3.63, 3.8) is 0 Å². The lowest BCUT2D eigenvalue weighted by molar-refractivity contribution is -0.0667. The number of para-hydroxylation sites is 2. The first-order valence-corrected chi connectivity index (χ1v) is 8.85. The second kappa shape index (κ2) is 6.11.